The van der Waals surface area contributed by atoms with Gasteiger partial charge in [0.15, 0.2) is 0 Å². The van der Waals surface area contributed by atoms with Crippen LogP contribution in [0.3, 0.4) is 0 Å². The van der Waals surface area contributed by atoms with E-state index in [1.165, 1.54) is 17.6 Å². The van der Waals surface area contributed by atoms with E-state index in [0.717, 1.165) is 23.4 Å². The SMILES string of the molecule is CS(=O)(=O)N1C2CCC1CC(NC(=O)c1csc(-c3ccccc3)n1)C2. The predicted octanol–water partition coefficient (Wildman–Crippen LogP) is 2.49. The number of fused-ring (bicyclic) bond motifs is 2. The Morgan fingerprint density at radius 3 is 2.46 bits per heavy atom. The summed E-state index contributed by atoms with van der Waals surface area (Å²) in [5.41, 5.74) is 1.42. The van der Waals surface area contributed by atoms with Crippen LogP contribution in [0.15, 0.2) is 35.7 Å². The molecule has 1 N–H and O–H groups in total. The van der Waals surface area contributed by atoms with E-state index in [-0.39, 0.29) is 24.0 Å². The van der Waals surface area contributed by atoms with Gasteiger partial charge in [-0.3, -0.25) is 4.79 Å². The summed E-state index contributed by atoms with van der Waals surface area (Å²) in [6.07, 6.45) is 4.37. The van der Waals surface area contributed by atoms with Gasteiger partial charge in [0.25, 0.3) is 5.91 Å². The molecule has 26 heavy (non-hydrogen) atoms. The Morgan fingerprint density at radius 1 is 1.19 bits per heavy atom. The third kappa shape index (κ3) is 3.41. The monoisotopic (exact) mass is 391 g/mol. The van der Waals surface area contributed by atoms with Crippen LogP contribution in [0.5, 0.6) is 0 Å². The molecule has 6 nitrogen and oxygen atoms in total. The fraction of sp³-hybridized carbons (Fsp3) is 0.444. The number of nitrogens with one attached hydrogen (secondary N) is 1. The van der Waals surface area contributed by atoms with E-state index >= 15 is 0 Å². The molecule has 1 amide bonds. The molecule has 2 aliphatic heterocycles. The lowest BCUT2D eigenvalue weighted by atomic mass is 9.99. The van der Waals surface area contributed by atoms with Gasteiger partial charge in [0.05, 0.1) is 6.26 Å². The highest BCUT2D eigenvalue weighted by Gasteiger charge is 2.45. The molecule has 0 spiro atoms. The van der Waals surface area contributed by atoms with E-state index in [0.29, 0.717) is 18.5 Å². The summed E-state index contributed by atoms with van der Waals surface area (Å²) in [5, 5.41) is 5.65. The van der Waals surface area contributed by atoms with Crippen LogP contribution in [0.2, 0.25) is 0 Å². The lowest BCUT2D eigenvalue weighted by Crippen LogP contribution is -2.52. The van der Waals surface area contributed by atoms with Crippen molar-refractivity contribution in [3.63, 3.8) is 0 Å². The second-order valence-corrected chi connectivity index (χ2v) is 9.77. The molecule has 2 unspecified atom stereocenters. The van der Waals surface area contributed by atoms with Crippen LogP contribution in [0, 0.1) is 0 Å². The molecule has 1 aromatic heterocycles. The molecule has 2 aliphatic rings. The van der Waals surface area contributed by atoms with E-state index in [4.69, 9.17) is 0 Å². The summed E-state index contributed by atoms with van der Waals surface area (Å²) in [6, 6.07) is 9.79. The zero-order valence-electron chi connectivity index (χ0n) is 14.5. The van der Waals surface area contributed by atoms with Crippen molar-refractivity contribution in [2.45, 2.75) is 43.8 Å². The number of hydrogen-bond donors (Lipinski definition) is 1. The highest BCUT2D eigenvalue weighted by molar-refractivity contribution is 7.88. The quantitative estimate of drug-likeness (QED) is 0.868. The number of carbonyl (C=O) groups is 1. The zero-order chi connectivity index (χ0) is 18.3. The van der Waals surface area contributed by atoms with Crippen molar-refractivity contribution in [2.24, 2.45) is 0 Å². The number of hydrogen-bond acceptors (Lipinski definition) is 5. The largest absolute Gasteiger partial charge is 0.348 e. The van der Waals surface area contributed by atoms with Crippen LogP contribution in [-0.2, 0) is 10.0 Å². The first-order chi connectivity index (χ1) is 12.4. The van der Waals surface area contributed by atoms with Gasteiger partial charge >= 0.3 is 0 Å². The number of sulfonamides is 1. The molecule has 4 rings (SSSR count). The smallest absolute Gasteiger partial charge is 0.270 e. The highest BCUT2D eigenvalue weighted by Crippen LogP contribution is 2.37. The van der Waals surface area contributed by atoms with Gasteiger partial charge in [-0.05, 0) is 25.7 Å². The van der Waals surface area contributed by atoms with E-state index in [1.807, 2.05) is 30.3 Å². The van der Waals surface area contributed by atoms with Crippen molar-refractivity contribution >= 4 is 27.3 Å². The molecule has 2 aromatic rings. The summed E-state index contributed by atoms with van der Waals surface area (Å²) in [7, 11) is -3.18. The Labute approximate surface area is 157 Å². The highest BCUT2D eigenvalue weighted by atomic mass is 32.2. The molecule has 8 heteroatoms. The van der Waals surface area contributed by atoms with Crippen LogP contribution in [0.25, 0.3) is 10.6 Å². The number of amides is 1. The molecule has 138 valence electrons. The minimum atomic E-state index is -3.18. The number of benzene rings is 1. The Hall–Kier alpha value is -1.77. The number of thiazole rings is 1. The van der Waals surface area contributed by atoms with Gasteiger partial charge in [-0.25, -0.2) is 13.4 Å². The second-order valence-electron chi connectivity index (χ2n) is 7.02. The molecule has 2 fully saturated rings. The van der Waals surface area contributed by atoms with Gasteiger partial charge in [-0.2, -0.15) is 4.31 Å². The average Bonchev–Trinajstić information content (AvgIpc) is 3.19. The summed E-state index contributed by atoms with van der Waals surface area (Å²) in [5.74, 6) is -0.180. The van der Waals surface area contributed by atoms with Crippen molar-refractivity contribution in [1.29, 1.82) is 0 Å². The third-order valence-electron chi connectivity index (χ3n) is 5.14. The molecular weight excluding hydrogens is 370 g/mol. The molecule has 2 saturated heterocycles. The van der Waals surface area contributed by atoms with Crippen molar-refractivity contribution < 1.29 is 13.2 Å². The molecule has 2 atom stereocenters. The molecule has 1 aromatic carbocycles. The van der Waals surface area contributed by atoms with E-state index in [2.05, 4.69) is 10.3 Å². The van der Waals surface area contributed by atoms with E-state index < -0.39 is 10.0 Å². The van der Waals surface area contributed by atoms with Crippen molar-refractivity contribution in [3.8, 4) is 10.6 Å². The van der Waals surface area contributed by atoms with Crippen molar-refractivity contribution in [3.05, 3.63) is 41.4 Å². The topological polar surface area (TPSA) is 79.4 Å². The molecule has 2 bridgehead atoms. The van der Waals surface area contributed by atoms with E-state index in [9.17, 15) is 13.2 Å². The van der Waals surface area contributed by atoms with Gasteiger partial charge < -0.3 is 5.32 Å². The normalized spacial score (nSPS) is 26.0. The Morgan fingerprint density at radius 2 is 1.85 bits per heavy atom. The number of aromatic nitrogens is 1. The Kier molecular flexibility index (Phi) is 4.58. The van der Waals surface area contributed by atoms with E-state index in [1.54, 1.807) is 9.69 Å². The fourth-order valence-electron chi connectivity index (χ4n) is 4.14. The van der Waals surface area contributed by atoms with Crippen LogP contribution < -0.4 is 5.32 Å². The Balaban J connectivity index is 1.43. The van der Waals surface area contributed by atoms with Crippen LogP contribution >= 0.6 is 11.3 Å². The third-order valence-corrected chi connectivity index (χ3v) is 7.40. The zero-order valence-corrected chi connectivity index (χ0v) is 16.1. The van der Waals surface area contributed by atoms with Gasteiger partial charge in [-0.15, -0.1) is 11.3 Å². The molecular formula is C18H21N3O3S2. The number of nitrogens with zero attached hydrogens (tertiary/aromatic N) is 2. The summed E-state index contributed by atoms with van der Waals surface area (Å²) >= 11 is 1.45. The first-order valence-electron chi connectivity index (χ1n) is 8.72. The predicted molar refractivity (Wildman–Crippen MR) is 102 cm³/mol. The number of piperidine rings is 1. The fourth-order valence-corrected chi connectivity index (χ4v) is 6.42. The number of carbonyl (C=O) groups excluding carboxylic acids is 1. The Bertz CT molecular complexity index is 897. The molecule has 0 aliphatic carbocycles. The van der Waals surface area contributed by atoms with Gasteiger partial charge in [0, 0.05) is 29.1 Å². The van der Waals surface area contributed by atoms with Crippen LogP contribution in [-0.4, -0.2) is 48.0 Å². The lowest BCUT2D eigenvalue weighted by molar-refractivity contribution is 0.0905. The van der Waals surface area contributed by atoms with Crippen molar-refractivity contribution in [2.75, 3.05) is 6.26 Å². The van der Waals surface area contributed by atoms with Gasteiger partial charge in [0.2, 0.25) is 10.0 Å². The van der Waals surface area contributed by atoms with Gasteiger partial charge in [0.1, 0.15) is 10.7 Å². The molecule has 0 radical (unpaired) electrons. The summed E-state index contributed by atoms with van der Waals surface area (Å²) in [4.78, 5) is 17.0. The first kappa shape index (κ1) is 17.6. The average molecular weight is 392 g/mol. The standard InChI is InChI=1S/C18H21N3O3S2/c1-26(23,24)21-14-7-8-15(21)10-13(9-14)19-17(22)16-11-25-18(20-16)12-5-3-2-4-6-12/h2-6,11,13-15H,7-10H2,1H3,(H,19,22). The van der Waals surface area contributed by atoms with Crippen LogP contribution in [0.4, 0.5) is 0 Å². The maximum atomic E-state index is 12.6. The maximum Gasteiger partial charge on any atom is 0.270 e. The first-order valence-corrected chi connectivity index (χ1v) is 11.4. The minimum absolute atomic E-state index is 0.000115. The summed E-state index contributed by atoms with van der Waals surface area (Å²) in [6.45, 7) is 0. The van der Waals surface area contributed by atoms with Gasteiger partial charge in [-0.1, -0.05) is 30.3 Å². The molecule has 0 saturated carbocycles. The summed E-state index contributed by atoms with van der Waals surface area (Å²) < 4.78 is 25.6. The second kappa shape index (κ2) is 6.75. The minimum Gasteiger partial charge on any atom is -0.348 e. The lowest BCUT2D eigenvalue weighted by Gasteiger charge is -2.37. The van der Waals surface area contributed by atoms with Crippen molar-refractivity contribution in [1.82, 2.24) is 14.6 Å². The van der Waals surface area contributed by atoms with Crippen LogP contribution in [0.1, 0.15) is 36.2 Å². The molecule has 3 heterocycles. The maximum absolute atomic E-state index is 12.6. The number of rotatable bonds is 4.